The number of hydrogen-bond acceptors (Lipinski definition) is 3. The molecule has 0 atom stereocenters. The summed E-state index contributed by atoms with van der Waals surface area (Å²) in [4.78, 5) is 0. The predicted octanol–water partition coefficient (Wildman–Crippen LogP) is -0.00170. The molecular formula is C9H17NO2. The molecule has 0 aromatic heterocycles. The van der Waals surface area contributed by atoms with E-state index in [-0.39, 0.29) is 6.61 Å². The van der Waals surface area contributed by atoms with Crippen molar-refractivity contribution < 1.29 is 9.84 Å². The molecule has 70 valence electrons. The van der Waals surface area contributed by atoms with Gasteiger partial charge in [-0.2, -0.15) is 0 Å². The molecule has 0 aliphatic carbocycles. The SMILES string of the molecule is CC#CCNCCCOCCO. The van der Waals surface area contributed by atoms with E-state index in [1.807, 2.05) is 6.92 Å². The molecule has 0 aliphatic rings. The molecule has 12 heavy (non-hydrogen) atoms. The second kappa shape index (κ2) is 10.4. The fraction of sp³-hybridized carbons (Fsp3) is 0.778. The zero-order valence-corrected chi connectivity index (χ0v) is 7.60. The first kappa shape index (κ1) is 11.4. The molecule has 0 saturated carbocycles. The summed E-state index contributed by atoms with van der Waals surface area (Å²) < 4.78 is 5.06. The zero-order chi connectivity index (χ0) is 9.07. The Labute approximate surface area is 74.1 Å². The van der Waals surface area contributed by atoms with E-state index in [9.17, 15) is 0 Å². The van der Waals surface area contributed by atoms with Gasteiger partial charge < -0.3 is 15.2 Å². The highest BCUT2D eigenvalue weighted by Crippen LogP contribution is 1.79. The Balaban J connectivity index is 2.84. The lowest BCUT2D eigenvalue weighted by molar-refractivity contribution is 0.0909. The highest BCUT2D eigenvalue weighted by atomic mass is 16.5. The molecule has 0 spiro atoms. The van der Waals surface area contributed by atoms with Gasteiger partial charge in [0.05, 0.1) is 19.8 Å². The third kappa shape index (κ3) is 9.44. The van der Waals surface area contributed by atoms with Crippen molar-refractivity contribution in [3.63, 3.8) is 0 Å². The first-order valence-electron chi connectivity index (χ1n) is 4.20. The van der Waals surface area contributed by atoms with Crippen molar-refractivity contribution >= 4 is 0 Å². The van der Waals surface area contributed by atoms with Gasteiger partial charge in [0, 0.05) is 6.61 Å². The molecule has 0 heterocycles. The van der Waals surface area contributed by atoms with Gasteiger partial charge in [0.15, 0.2) is 0 Å². The van der Waals surface area contributed by atoms with Crippen LogP contribution in [0.15, 0.2) is 0 Å². The van der Waals surface area contributed by atoms with E-state index in [1.54, 1.807) is 0 Å². The van der Waals surface area contributed by atoms with Crippen molar-refractivity contribution in [2.45, 2.75) is 13.3 Å². The highest BCUT2D eigenvalue weighted by Gasteiger charge is 1.86. The van der Waals surface area contributed by atoms with Crippen LogP contribution < -0.4 is 5.32 Å². The molecule has 0 amide bonds. The Morgan fingerprint density at radius 1 is 1.42 bits per heavy atom. The molecule has 0 aromatic rings. The monoisotopic (exact) mass is 171 g/mol. The summed E-state index contributed by atoms with van der Waals surface area (Å²) >= 11 is 0. The van der Waals surface area contributed by atoms with E-state index in [0.29, 0.717) is 13.2 Å². The molecule has 3 nitrogen and oxygen atoms in total. The van der Waals surface area contributed by atoms with E-state index in [1.165, 1.54) is 0 Å². The standard InChI is InChI=1S/C9H17NO2/c1-2-3-5-10-6-4-8-12-9-7-11/h10-11H,4-9H2,1H3. The van der Waals surface area contributed by atoms with E-state index in [0.717, 1.165) is 19.5 Å². The third-order valence-electron chi connectivity index (χ3n) is 1.27. The number of nitrogens with one attached hydrogen (secondary N) is 1. The summed E-state index contributed by atoms with van der Waals surface area (Å²) in [6, 6.07) is 0. The van der Waals surface area contributed by atoms with Crippen LogP contribution >= 0.6 is 0 Å². The summed E-state index contributed by atoms with van der Waals surface area (Å²) in [6.07, 6.45) is 0.964. The van der Waals surface area contributed by atoms with Crippen LogP contribution in [0.5, 0.6) is 0 Å². The van der Waals surface area contributed by atoms with Gasteiger partial charge >= 0.3 is 0 Å². The third-order valence-corrected chi connectivity index (χ3v) is 1.27. The highest BCUT2D eigenvalue weighted by molar-refractivity contribution is 4.96. The summed E-state index contributed by atoms with van der Waals surface area (Å²) in [6.45, 7) is 4.74. The molecule has 0 unspecified atom stereocenters. The molecule has 0 bridgehead atoms. The average molecular weight is 171 g/mol. The van der Waals surface area contributed by atoms with Gasteiger partial charge in [0.25, 0.3) is 0 Å². The number of hydrogen-bond donors (Lipinski definition) is 2. The quantitative estimate of drug-likeness (QED) is 0.418. The molecule has 3 heteroatoms. The minimum atomic E-state index is 0.106. The Hall–Kier alpha value is -0.560. The number of ether oxygens (including phenoxy) is 1. The van der Waals surface area contributed by atoms with E-state index >= 15 is 0 Å². The maximum atomic E-state index is 8.38. The Bertz CT molecular complexity index is 137. The second-order valence-electron chi connectivity index (χ2n) is 2.29. The molecule has 0 rings (SSSR count). The molecule has 0 aromatic carbocycles. The predicted molar refractivity (Wildman–Crippen MR) is 48.8 cm³/mol. The van der Waals surface area contributed by atoms with Crippen molar-refractivity contribution in [1.82, 2.24) is 5.32 Å². The molecule has 2 N–H and O–H groups in total. The van der Waals surface area contributed by atoms with Gasteiger partial charge in [0.2, 0.25) is 0 Å². The van der Waals surface area contributed by atoms with Crippen LogP contribution in [0.3, 0.4) is 0 Å². The van der Waals surface area contributed by atoms with Crippen molar-refractivity contribution in [1.29, 1.82) is 0 Å². The van der Waals surface area contributed by atoms with Gasteiger partial charge in [-0.25, -0.2) is 0 Å². The summed E-state index contributed by atoms with van der Waals surface area (Å²) in [5.74, 6) is 5.71. The Morgan fingerprint density at radius 3 is 2.92 bits per heavy atom. The lowest BCUT2D eigenvalue weighted by Gasteiger charge is -2.01. The zero-order valence-electron chi connectivity index (χ0n) is 7.60. The maximum Gasteiger partial charge on any atom is 0.0697 e. The van der Waals surface area contributed by atoms with Crippen LogP contribution in [0.1, 0.15) is 13.3 Å². The van der Waals surface area contributed by atoms with Crippen LogP contribution in [-0.4, -0.2) is 38.0 Å². The Kier molecular flexibility index (Phi) is 9.95. The van der Waals surface area contributed by atoms with Crippen LogP contribution in [0.25, 0.3) is 0 Å². The molecule has 0 saturated heterocycles. The van der Waals surface area contributed by atoms with Crippen molar-refractivity contribution in [2.24, 2.45) is 0 Å². The smallest absolute Gasteiger partial charge is 0.0697 e. The van der Waals surface area contributed by atoms with Gasteiger partial charge in [-0.3, -0.25) is 0 Å². The van der Waals surface area contributed by atoms with Gasteiger partial charge in [-0.1, -0.05) is 5.92 Å². The van der Waals surface area contributed by atoms with Gasteiger partial charge in [-0.15, -0.1) is 5.92 Å². The second-order valence-corrected chi connectivity index (χ2v) is 2.29. The number of rotatable bonds is 7. The van der Waals surface area contributed by atoms with Crippen molar-refractivity contribution in [2.75, 3.05) is 32.9 Å². The number of aliphatic hydroxyl groups is 1. The lowest BCUT2D eigenvalue weighted by atomic mass is 10.4. The van der Waals surface area contributed by atoms with Crippen molar-refractivity contribution in [3.05, 3.63) is 0 Å². The number of aliphatic hydroxyl groups excluding tert-OH is 1. The molecule has 0 aliphatic heterocycles. The average Bonchev–Trinajstić information content (AvgIpc) is 2.10. The van der Waals surface area contributed by atoms with Gasteiger partial charge in [-0.05, 0) is 19.9 Å². The first-order chi connectivity index (χ1) is 5.91. The summed E-state index contributed by atoms with van der Waals surface area (Å²) in [5.41, 5.74) is 0. The van der Waals surface area contributed by atoms with Crippen LogP contribution in [-0.2, 0) is 4.74 Å². The summed E-state index contributed by atoms with van der Waals surface area (Å²) in [7, 11) is 0. The maximum absolute atomic E-state index is 8.38. The Morgan fingerprint density at radius 2 is 2.25 bits per heavy atom. The first-order valence-corrected chi connectivity index (χ1v) is 4.20. The summed E-state index contributed by atoms with van der Waals surface area (Å²) in [5, 5.41) is 11.5. The van der Waals surface area contributed by atoms with E-state index in [4.69, 9.17) is 9.84 Å². The lowest BCUT2D eigenvalue weighted by Crippen LogP contribution is -2.17. The van der Waals surface area contributed by atoms with Crippen LogP contribution in [0, 0.1) is 11.8 Å². The van der Waals surface area contributed by atoms with Crippen LogP contribution in [0.2, 0.25) is 0 Å². The largest absolute Gasteiger partial charge is 0.394 e. The fourth-order valence-electron chi connectivity index (χ4n) is 0.705. The molecular weight excluding hydrogens is 154 g/mol. The fourth-order valence-corrected chi connectivity index (χ4v) is 0.705. The van der Waals surface area contributed by atoms with E-state index in [2.05, 4.69) is 17.2 Å². The minimum absolute atomic E-state index is 0.106. The van der Waals surface area contributed by atoms with Crippen molar-refractivity contribution in [3.8, 4) is 11.8 Å². The molecule has 0 radical (unpaired) electrons. The molecule has 0 fully saturated rings. The van der Waals surface area contributed by atoms with Gasteiger partial charge in [0.1, 0.15) is 0 Å². The van der Waals surface area contributed by atoms with E-state index < -0.39 is 0 Å². The van der Waals surface area contributed by atoms with Crippen LogP contribution in [0.4, 0.5) is 0 Å². The topological polar surface area (TPSA) is 41.5 Å². The normalized spacial score (nSPS) is 9.17. The minimum Gasteiger partial charge on any atom is -0.394 e.